The topological polar surface area (TPSA) is 61.4 Å². The Balaban J connectivity index is 0.00000243. The Morgan fingerprint density at radius 3 is 2.77 bits per heavy atom. The second-order valence-corrected chi connectivity index (χ2v) is 7.20. The molecule has 0 saturated carbocycles. The van der Waals surface area contributed by atoms with E-state index < -0.39 is 11.7 Å². The van der Waals surface area contributed by atoms with Crippen LogP contribution in [0.15, 0.2) is 30.3 Å². The summed E-state index contributed by atoms with van der Waals surface area (Å²) in [6.45, 7) is 3.57. The molecule has 2 N–H and O–H groups in total. The molecule has 2 aromatic rings. The number of amides is 2. The van der Waals surface area contributed by atoms with Gasteiger partial charge in [-0.2, -0.15) is 0 Å². The number of nitrogens with one attached hydrogen (secondary N) is 2. The van der Waals surface area contributed by atoms with Gasteiger partial charge >= 0.3 is 0 Å². The highest BCUT2D eigenvalue weighted by molar-refractivity contribution is 7.18. The largest absolute Gasteiger partial charge is 0.337 e. The van der Waals surface area contributed by atoms with Crippen LogP contribution in [-0.2, 0) is 0 Å². The van der Waals surface area contributed by atoms with Gasteiger partial charge in [0.15, 0.2) is 0 Å². The molecule has 1 saturated heterocycles. The summed E-state index contributed by atoms with van der Waals surface area (Å²) in [7, 11) is 1.81. The second-order valence-electron chi connectivity index (χ2n) is 6.15. The van der Waals surface area contributed by atoms with Gasteiger partial charge in [-0.25, -0.2) is 4.39 Å². The van der Waals surface area contributed by atoms with E-state index >= 15 is 0 Å². The van der Waals surface area contributed by atoms with Crippen LogP contribution in [0, 0.1) is 12.7 Å². The lowest BCUT2D eigenvalue weighted by Crippen LogP contribution is -2.38. The number of anilines is 1. The van der Waals surface area contributed by atoms with Crippen molar-refractivity contribution in [2.45, 2.75) is 19.4 Å². The van der Waals surface area contributed by atoms with E-state index in [4.69, 9.17) is 0 Å². The Morgan fingerprint density at radius 2 is 2.12 bits per heavy atom. The fourth-order valence-electron chi connectivity index (χ4n) is 2.87. The van der Waals surface area contributed by atoms with Gasteiger partial charge in [0.05, 0.1) is 9.88 Å². The van der Waals surface area contributed by atoms with E-state index in [1.807, 2.05) is 14.0 Å². The summed E-state index contributed by atoms with van der Waals surface area (Å²) in [5.41, 5.74) is 1.07. The van der Waals surface area contributed by atoms with E-state index in [2.05, 4.69) is 10.6 Å². The lowest BCUT2D eigenvalue weighted by atomic mass is 10.2. The van der Waals surface area contributed by atoms with Crippen molar-refractivity contribution >= 4 is 40.6 Å². The number of nitrogens with zero attached hydrogens (tertiary/aromatic N) is 1. The van der Waals surface area contributed by atoms with E-state index in [-0.39, 0.29) is 29.9 Å². The van der Waals surface area contributed by atoms with Crippen molar-refractivity contribution in [2.75, 3.05) is 25.5 Å². The summed E-state index contributed by atoms with van der Waals surface area (Å²) in [4.78, 5) is 27.3. The highest BCUT2D eigenvalue weighted by Crippen LogP contribution is 2.29. The van der Waals surface area contributed by atoms with Crippen molar-refractivity contribution in [3.63, 3.8) is 0 Å². The molecule has 26 heavy (non-hydrogen) atoms. The standard InChI is InChI=1S/C18H20FN3O2S.ClH/c1-11-8-15(21-17(23)12-4-3-5-13(19)9-12)25-16(11)18(24)22(2)14-6-7-20-10-14;/h3-5,8-9,14,20H,6-7,10H2,1-2H3,(H,21,23);1H. The number of benzene rings is 1. The maximum atomic E-state index is 13.2. The Kier molecular flexibility index (Phi) is 6.75. The maximum Gasteiger partial charge on any atom is 0.264 e. The third-order valence-electron chi connectivity index (χ3n) is 4.34. The fourth-order valence-corrected chi connectivity index (χ4v) is 3.92. The number of thiophene rings is 1. The van der Waals surface area contributed by atoms with E-state index in [0.29, 0.717) is 9.88 Å². The first-order chi connectivity index (χ1) is 12.0. The van der Waals surface area contributed by atoms with Crippen LogP contribution < -0.4 is 10.6 Å². The SMILES string of the molecule is Cc1cc(NC(=O)c2cccc(F)c2)sc1C(=O)N(C)C1CCNC1.Cl. The van der Waals surface area contributed by atoms with Crippen molar-refractivity contribution in [2.24, 2.45) is 0 Å². The summed E-state index contributed by atoms with van der Waals surface area (Å²) < 4.78 is 13.2. The first-order valence-electron chi connectivity index (χ1n) is 8.11. The average Bonchev–Trinajstić information content (AvgIpc) is 3.23. The molecule has 1 unspecified atom stereocenters. The summed E-state index contributed by atoms with van der Waals surface area (Å²) >= 11 is 1.24. The van der Waals surface area contributed by atoms with Crippen LogP contribution >= 0.6 is 23.7 Å². The molecular weight excluding hydrogens is 377 g/mol. The minimum Gasteiger partial charge on any atom is -0.337 e. The monoisotopic (exact) mass is 397 g/mol. The van der Waals surface area contributed by atoms with E-state index in [1.165, 1.54) is 29.5 Å². The molecule has 140 valence electrons. The molecule has 3 rings (SSSR count). The number of aryl methyl sites for hydroxylation is 1. The summed E-state index contributed by atoms with van der Waals surface area (Å²) in [6, 6.07) is 7.48. The third-order valence-corrected chi connectivity index (χ3v) is 5.48. The molecule has 0 radical (unpaired) electrons. The van der Waals surface area contributed by atoms with Crippen LogP contribution in [0.1, 0.15) is 32.0 Å². The van der Waals surface area contributed by atoms with E-state index in [9.17, 15) is 14.0 Å². The number of hydrogen-bond donors (Lipinski definition) is 2. The number of halogens is 2. The van der Waals surface area contributed by atoms with Crippen LogP contribution in [0.4, 0.5) is 9.39 Å². The molecule has 1 aromatic carbocycles. The lowest BCUT2D eigenvalue weighted by molar-refractivity contribution is 0.0748. The first-order valence-corrected chi connectivity index (χ1v) is 8.92. The predicted octanol–water partition coefficient (Wildman–Crippen LogP) is 3.30. The summed E-state index contributed by atoms with van der Waals surface area (Å²) in [6.07, 6.45) is 0.940. The van der Waals surface area contributed by atoms with Gasteiger partial charge < -0.3 is 15.5 Å². The molecule has 8 heteroatoms. The fraction of sp³-hybridized carbons (Fsp3) is 0.333. The molecular formula is C18H21ClFN3O2S. The van der Waals surface area contributed by atoms with Crippen LogP contribution in [-0.4, -0.2) is 42.9 Å². The molecule has 5 nitrogen and oxygen atoms in total. The molecule has 0 bridgehead atoms. The smallest absolute Gasteiger partial charge is 0.264 e. The quantitative estimate of drug-likeness (QED) is 0.832. The molecule has 1 aliphatic rings. The van der Waals surface area contributed by atoms with Gasteiger partial charge in [0.1, 0.15) is 5.82 Å². The number of rotatable bonds is 4. The predicted molar refractivity (Wildman–Crippen MR) is 104 cm³/mol. The number of likely N-dealkylation sites (N-methyl/N-ethyl adjacent to an activating group) is 1. The van der Waals surface area contributed by atoms with Crippen LogP contribution in [0.25, 0.3) is 0 Å². The highest BCUT2D eigenvalue weighted by atomic mass is 35.5. The average molecular weight is 398 g/mol. The maximum absolute atomic E-state index is 13.2. The number of carbonyl (C=O) groups excluding carboxylic acids is 2. The molecule has 0 aliphatic carbocycles. The Morgan fingerprint density at radius 1 is 1.35 bits per heavy atom. The first kappa shape index (κ1) is 20.4. The van der Waals surface area contributed by atoms with Gasteiger partial charge in [0.2, 0.25) is 0 Å². The van der Waals surface area contributed by atoms with Crippen molar-refractivity contribution < 1.29 is 14.0 Å². The van der Waals surface area contributed by atoms with Gasteiger partial charge in [0, 0.05) is 25.2 Å². The highest BCUT2D eigenvalue weighted by Gasteiger charge is 2.26. The van der Waals surface area contributed by atoms with Gasteiger partial charge in [-0.15, -0.1) is 23.7 Å². The Bertz CT molecular complexity index is 805. The molecule has 1 fully saturated rings. The van der Waals surface area contributed by atoms with Gasteiger partial charge in [-0.05, 0) is 49.7 Å². The molecule has 1 aliphatic heterocycles. The molecule has 2 amide bonds. The van der Waals surface area contributed by atoms with Crippen molar-refractivity contribution in [1.29, 1.82) is 0 Å². The minimum absolute atomic E-state index is 0. The molecule has 2 heterocycles. The summed E-state index contributed by atoms with van der Waals surface area (Å²) in [5.74, 6) is -0.895. The lowest BCUT2D eigenvalue weighted by Gasteiger charge is -2.23. The summed E-state index contributed by atoms with van der Waals surface area (Å²) in [5, 5.41) is 6.57. The zero-order valence-electron chi connectivity index (χ0n) is 14.5. The van der Waals surface area contributed by atoms with Crippen molar-refractivity contribution in [3.05, 3.63) is 52.2 Å². The zero-order chi connectivity index (χ0) is 18.0. The van der Waals surface area contributed by atoms with Crippen LogP contribution in [0.5, 0.6) is 0 Å². The molecule has 1 aromatic heterocycles. The van der Waals surface area contributed by atoms with Crippen LogP contribution in [0.3, 0.4) is 0 Å². The van der Waals surface area contributed by atoms with Crippen molar-refractivity contribution in [3.8, 4) is 0 Å². The number of hydrogen-bond acceptors (Lipinski definition) is 4. The van der Waals surface area contributed by atoms with Crippen molar-refractivity contribution in [1.82, 2.24) is 10.2 Å². The molecule has 1 atom stereocenters. The van der Waals surface area contributed by atoms with Gasteiger partial charge in [0.25, 0.3) is 11.8 Å². The Hall–Kier alpha value is -1.96. The zero-order valence-corrected chi connectivity index (χ0v) is 16.2. The van der Waals surface area contributed by atoms with E-state index in [0.717, 1.165) is 25.1 Å². The second kappa shape index (κ2) is 8.62. The number of carbonyl (C=O) groups is 2. The van der Waals surface area contributed by atoms with Gasteiger partial charge in [-0.3, -0.25) is 9.59 Å². The van der Waals surface area contributed by atoms with Gasteiger partial charge in [-0.1, -0.05) is 6.07 Å². The normalized spacial score (nSPS) is 16.0. The Labute approximate surface area is 162 Å². The molecule has 0 spiro atoms. The minimum atomic E-state index is -0.460. The third kappa shape index (κ3) is 4.41. The van der Waals surface area contributed by atoms with Crippen LogP contribution in [0.2, 0.25) is 0 Å². The van der Waals surface area contributed by atoms with E-state index in [1.54, 1.807) is 17.0 Å².